The van der Waals surface area contributed by atoms with E-state index in [1.807, 2.05) is 13.8 Å². The van der Waals surface area contributed by atoms with Crippen LogP contribution in [-0.4, -0.2) is 20.4 Å². The molecule has 0 aromatic heterocycles. The maximum atomic E-state index is 13.8. The molecule has 0 saturated heterocycles. The normalized spacial score (nSPS) is 12.5. The largest absolute Gasteiger partial charge is 0.350 e. The van der Waals surface area contributed by atoms with Crippen LogP contribution < -0.4 is 10.0 Å². The monoisotopic (exact) mass is 368 g/mol. The van der Waals surface area contributed by atoms with Crippen molar-refractivity contribution in [2.24, 2.45) is 0 Å². The van der Waals surface area contributed by atoms with Crippen LogP contribution in [0.15, 0.2) is 47.4 Å². The quantitative estimate of drug-likeness (QED) is 0.822. The van der Waals surface area contributed by atoms with Gasteiger partial charge in [0.2, 0.25) is 0 Å². The van der Waals surface area contributed by atoms with E-state index >= 15 is 0 Å². The molecular formula is C17H18F2N2O3S. The summed E-state index contributed by atoms with van der Waals surface area (Å²) in [6.07, 6.45) is 0.703. The van der Waals surface area contributed by atoms with Crippen LogP contribution in [0.1, 0.15) is 30.6 Å². The van der Waals surface area contributed by atoms with E-state index in [0.29, 0.717) is 12.5 Å². The summed E-state index contributed by atoms with van der Waals surface area (Å²) >= 11 is 0. The van der Waals surface area contributed by atoms with Gasteiger partial charge >= 0.3 is 0 Å². The van der Waals surface area contributed by atoms with Crippen LogP contribution in [0.3, 0.4) is 0 Å². The summed E-state index contributed by atoms with van der Waals surface area (Å²) in [5.41, 5.74) is 0.0650. The summed E-state index contributed by atoms with van der Waals surface area (Å²) in [5, 5.41) is 2.72. The number of anilines is 1. The third-order valence-electron chi connectivity index (χ3n) is 3.59. The summed E-state index contributed by atoms with van der Waals surface area (Å²) in [5.74, 6) is -2.44. The number of para-hydroxylation sites is 1. The lowest BCUT2D eigenvalue weighted by Gasteiger charge is -2.15. The molecular weight excluding hydrogens is 350 g/mol. The number of carbonyl (C=O) groups is 1. The smallest absolute Gasteiger partial charge is 0.264 e. The number of nitrogens with one attached hydrogen (secondary N) is 2. The number of amides is 1. The average Bonchev–Trinajstić information content (AvgIpc) is 2.56. The van der Waals surface area contributed by atoms with Gasteiger partial charge in [0.25, 0.3) is 15.9 Å². The van der Waals surface area contributed by atoms with E-state index in [1.54, 1.807) is 6.07 Å². The van der Waals surface area contributed by atoms with Gasteiger partial charge in [-0.3, -0.25) is 9.52 Å². The highest BCUT2D eigenvalue weighted by molar-refractivity contribution is 7.92. The van der Waals surface area contributed by atoms with Gasteiger partial charge in [0.1, 0.15) is 16.5 Å². The van der Waals surface area contributed by atoms with Gasteiger partial charge in [-0.25, -0.2) is 17.2 Å². The van der Waals surface area contributed by atoms with E-state index in [4.69, 9.17) is 0 Å². The average molecular weight is 368 g/mol. The predicted molar refractivity (Wildman–Crippen MR) is 90.8 cm³/mol. The lowest BCUT2D eigenvalue weighted by molar-refractivity contribution is 0.0940. The maximum Gasteiger partial charge on any atom is 0.264 e. The maximum absolute atomic E-state index is 13.8. The topological polar surface area (TPSA) is 75.3 Å². The molecule has 8 heteroatoms. The van der Waals surface area contributed by atoms with Crippen molar-refractivity contribution in [1.82, 2.24) is 5.32 Å². The number of halogens is 2. The molecule has 0 fully saturated rings. The van der Waals surface area contributed by atoms with E-state index in [-0.39, 0.29) is 17.3 Å². The minimum Gasteiger partial charge on any atom is -0.350 e. The van der Waals surface area contributed by atoms with Crippen LogP contribution in [0.5, 0.6) is 0 Å². The van der Waals surface area contributed by atoms with Crippen LogP contribution in [-0.2, 0) is 10.0 Å². The highest BCUT2D eigenvalue weighted by Gasteiger charge is 2.22. The van der Waals surface area contributed by atoms with Gasteiger partial charge in [0.05, 0.1) is 11.3 Å². The Morgan fingerprint density at radius 2 is 1.84 bits per heavy atom. The fraction of sp³-hybridized carbons (Fsp3) is 0.235. The summed E-state index contributed by atoms with van der Waals surface area (Å²) in [7, 11) is -4.40. The van der Waals surface area contributed by atoms with Gasteiger partial charge in [-0.1, -0.05) is 19.1 Å². The van der Waals surface area contributed by atoms with Crippen molar-refractivity contribution in [2.45, 2.75) is 31.2 Å². The Kier molecular flexibility index (Phi) is 5.73. The number of rotatable bonds is 6. The molecule has 25 heavy (non-hydrogen) atoms. The number of hydrogen-bond acceptors (Lipinski definition) is 3. The van der Waals surface area contributed by atoms with E-state index < -0.39 is 32.5 Å². The number of benzene rings is 2. The lowest BCUT2D eigenvalue weighted by atomic mass is 10.1. The molecule has 0 bridgehead atoms. The van der Waals surface area contributed by atoms with E-state index in [2.05, 4.69) is 10.0 Å². The fourth-order valence-electron chi connectivity index (χ4n) is 2.06. The van der Waals surface area contributed by atoms with Crippen molar-refractivity contribution in [2.75, 3.05) is 4.72 Å². The van der Waals surface area contributed by atoms with Gasteiger partial charge in [-0.15, -0.1) is 0 Å². The summed E-state index contributed by atoms with van der Waals surface area (Å²) < 4.78 is 54.0. The van der Waals surface area contributed by atoms with E-state index in [0.717, 1.165) is 12.1 Å². The minimum absolute atomic E-state index is 0.0213. The van der Waals surface area contributed by atoms with Gasteiger partial charge in [0, 0.05) is 6.04 Å². The molecule has 0 aliphatic heterocycles. The molecule has 0 spiro atoms. The molecule has 0 unspecified atom stereocenters. The molecule has 0 heterocycles. The van der Waals surface area contributed by atoms with Gasteiger partial charge in [-0.2, -0.15) is 0 Å². The second kappa shape index (κ2) is 7.60. The molecule has 2 rings (SSSR count). The van der Waals surface area contributed by atoms with Gasteiger partial charge in [-0.05, 0) is 43.7 Å². The van der Waals surface area contributed by atoms with Crippen molar-refractivity contribution in [3.05, 3.63) is 59.7 Å². The second-order valence-corrected chi connectivity index (χ2v) is 7.16. The van der Waals surface area contributed by atoms with Gasteiger partial charge < -0.3 is 5.32 Å². The SMILES string of the molecule is CC[C@H](C)NC(=O)c1ccccc1NS(=O)(=O)c1cc(F)ccc1F. The van der Waals surface area contributed by atoms with Crippen molar-refractivity contribution in [3.8, 4) is 0 Å². The zero-order valence-electron chi connectivity index (χ0n) is 13.7. The Hall–Kier alpha value is -2.48. The standard InChI is InChI=1S/C17H18F2N2O3S/c1-3-11(2)20-17(22)13-6-4-5-7-15(13)21-25(23,24)16-10-12(18)8-9-14(16)19/h4-11,21H,3H2,1-2H3,(H,20,22)/t11-/m0/s1. The Bertz CT molecular complexity index is 885. The molecule has 134 valence electrons. The first-order valence-corrected chi connectivity index (χ1v) is 9.10. The molecule has 5 nitrogen and oxygen atoms in total. The van der Waals surface area contributed by atoms with E-state index in [1.165, 1.54) is 18.2 Å². The summed E-state index contributed by atoms with van der Waals surface area (Å²) in [6.45, 7) is 3.71. The number of hydrogen-bond donors (Lipinski definition) is 2. The highest BCUT2D eigenvalue weighted by Crippen LogP contribution is 2.22. The number of sulfonamides is 1. The van der Waals surface area contributed by atoms with Crippen molar-refractivity contribution in [3.63, 3.8) is 0 Å². The fourth-order valence-corrected chi connectivity index (χ4v) is 3.23. The molecule has 0 saturated carbocycles. The molecule has 2 N–H and O–H groups in total. The van der Waals surface area contributed by atoms with E-state index in [9.17, 15) is 22.0 Å². The Labute approximate surface area is 145 Å². The second-order valence-electron chi connectivity index (χ2n) is 5.51. The lowest BCUT2D eigenvalue weighted by Crippen LogP contribution is -2.32. The molecule has 2 aromatic rings. The zero-order chi connectivity index (χ0) is 18.6. The predicted octanol–water partition coefficient (Wildman–Crippen LogP) is 3.29. The Balaban J connectivity index is 2.37. The molecule has 0 aliphatic rings. The van der Waals surface area contributed by atoms with Crippen LogP contribution in [0, 0.1) is 11.6 Å². The molecule has 0 radical (unpaired) electrons. The zero-order valence-corrected chi connectivity index (χ0v) is 14.5. The third-order valence-corrected chi connectivity index (χ3v) is 4.97. The number of carbonyl (C=O) groups excluding carboxylic acids is 1. The van der Waals surface area contributed by atoms with Crippen LogP contribution >= 0.6 is 0 Å². The van der Waals surface area contributed by atoms with Crippen LogP contribution in [0.2, 0.25) is 0 Å². The van der Waals surface area contributed by atoms with Crippen molar-refractivity contribution < 1.29 is 22.0 Å². The summed E-state index contributed by atoms with van der Waals surface area (Å²) in [6, 6.07) is 7.95. The summed E-state index contributed by atoms with van der Waals surface area (Å²) in [4.78, 5) is 11.5. The Morgan fingerprint density at radius 1 is 1.16 bits per heavy atom. The van der Waals surface area contributed by atoms with Crippen molar-refractivity contribution in [1.29, 1.82) is 0 Å². The molecule has 2 aromatic carbocycles. The van der Waals surface area contributed by atoms with Crippen molar-refractivity contribution >= 4 is 21.6 Å². The van der Waals surface area contributed by atoms with Gasteiger partial charge in [0.15, 0.2) is 0 Å². The first kappa shape index (κ1) is 18.9. The third kappa shape index (κ3) is 4.54. The van der Waals surface area contributed by atoms with Crippen LogP contribution in [0.25, 0.3) is 0 Å². The first-order chi connectivity index (χ1) is 11.7. The first-order valence-electron chi connectivity index (χ1n) is 7.62. The highest BCUT2D eigenvalue weighted by atomic mass is 32.2. The minimum atomic E-state index is -4.40. The van der Waals surface area contributed by atoms with Crippen LogP contribution in [0.4, 0.5) is 14.5 Å². The molecule has 1 amide bonds. The molecule has 0 aliphatic carbocycles. The Morgan fingerprint density at radius 3 is 2.52 bits per heavy atom. The molecule has 1 atom stereocenters.